The molecule has 1 aromatic carbocycles. The fourth-order valence-corrected chi connectivity index (χ4v) is 1.97. The molecule has 1 aliphatic rings. The lowest BCUT2D eigenvalue weighted by molar-refractivity contribution is -0.132. The molecule has 0 spiro atoms. The van der Waals surface area contributed by atoms with E-state index in [9.17, 15) is 18.4 Å². The molecule has 0 radical (unpaired) electrons. The molecule has 1 saturated heterocycles. The van der Waals surface area contributed by atoms with Crippen LogP contribution < -0.4 is 16.0 Å². The highest BCUT2D eigenvalue weighted by molar-refractivity contribution is 6.04. The van der Waals surface area contributed by atoms with Gasteiger partial charge >= 0.3 is 0 Å². The van der Waals surface area contributed by atoms with Gasteiger partial charge in [0.1, 0.15) is 6.04 Å². The van der Waals surface area contributed by atoms with Crippen LogP contribution in [0.2, 0.25) is 0 Å². The highest BCUT2D eigenvalue weighted by atomic mass is 19.2. The Kier molecular flexibility index (Phi) is 3.48. The number of nitrogens with one attached hydrogen (secondary N) is 1. The molecular formula is C12H13F2N3O2. The van der Waals surface area contributed by atoms with Crippen molar-refractivity contribution in [1.29, 1.82) is 0 Å². The summed E-state index contributed by atoms with van der Waals surface area (Å²) >= 11 is 0. The van der Waals surface area contributed by atoms with Crippen molar-refractivity contribution in [3.63, 3.8) is 0 Å². The highest BCUT2D eigenvalue weighted by Gasteiger charge is 2.32. The summed E-state index contributed by atoms with van der Waals surface area (Å²) in [6.07, 6.45) is 0. The number of carbonyl (C=O) groups is 2. The van der Waals surface area contributed by atoms with Crippen molar-refractivity contribution in [2.45, 2.75) is 19.5 Å². The third-order valence-electron chi connectivity index (χ3n) is 3.09. The average Bonchev–Trinajstić information content (AvgIpc) is 2.37. The molecule has 2 amide bonds. The fraction of sp³-hybridized carbons (Fsp3) is 0.333. The summed E-state index contributed by atoms with van der Waals surface area (Å²) in [5.41, 5.74) is 5.20. The summed E-state index contributed by atoms with van der Waals surface area (Å²) in [5.74, 6) is -3.24. The van der Waals surface area contributed by atoms with Crippen LogP contribution in [0.5, 0.6) is 0 Å². The van der Waals surface area contributed by atoms with Gasteiger partial charge in [0.25, 0.3) is 0 Å². The number of halogens is 2. The molecule has 7 heteroatoms. The molecule has 0 saturated carbocycles. The van der Waals surface area contributed by atoms with E-state index in [1.54, 1.807) is 0 Å². The molecule has 0 bridgehead atoms. The SMILES string of the molecule is CC1C(=O)NC(=O)CN1c1ccc(CN)c(F)c1F. The number of hydrogen-bond acceptors (Lipinski definition) is 4. The Labute approximate surface area is 108 Å². The summed E-state index contributed by atoms with van der Waals surface area (Å²) < 4.78 is 27.6. The number of hydrogen-bond donors (Lipinski definition) is 2. The predicted octanol–water partition coefficient (Wildman–Crippen LogP) is 0.275. The number of imide groups is 1. The normalized spacial score (nSPS) is 19.6. The molecule has 1 aromatic rings. The Hall–Kier alpha value is -2.02. The number of rotatable bonds is 2. The van der Waals surface area contributed by atoms with Crippen molar-refractivity contribution in [2.75, 3.05) is 11.4 Å². The number of anilines is 1. The Balaban J connectivity index is 2.43. The maximum absolute atomic E-state index is 13.9. The monoisotopic (exact) mass is 269 g/mol. The molecule has 5 nitrogen and oxygen atoms in total. The van der Waals surface area contributed by atoms with Crippen LogP contribution in [-0.2, 0) is 16.1 Å². The number of nitrogens with two attached hydrogens (primary N) is 1. The molecule has 1 atom stereocenters. The van der Waals surface area contributed by atoms with Crippen molar-refractivity contribution in [2.24, 2.45) is 5.73 Å². The molecule has 102 valence electrons. The molecule has 0 aromatic heterocycles. The molecule has 1 fully saturated rings. The van der Waals surface area contributed by atoms with E-state index in [4.69, 9.17) is 5.73 Å². The molecule has 1 unspecified atom stereocenters. The van der Waals surface area contributed by atoms with Crippen LogP contribution in [0, 0.1) is 11.6 Å². The third-order valence-corrected chi connectivity index (χ3v) is 3.09. The van der Waals surface area contributed by atoms with Gasteiger partial charge in [-0.05, 0) is 13.0 Å². The van der Waals surface area contributed by atoms with E-state index >= 15 is 0 Å². The molecule has 2 rings (SSSR count). The minimum absolute atomic E-state index is 0.0432. The summed E-state index contributed by atoms with van der Waals surface area (Å²) in [6, 6.07) is 1.91. The van der Waals surface area contributed by atoms with Crippen LogP contribution in [0.15, 0.2) is 12.1 Å². The van der Waals surface area contributed by atoms with E-state index in [1.165, 1.54) is 24.0 Å². The van der Waals surface area contributed by atoms with Gasteiger partial charge in [0.15, 0.2) is 11.6 Å². The number of nitrogens with zero attached hydrogens (tertiary/aromatic N) is 1. The van der Waals surface area contributed by atoms with Gasteiger partial charge in [-0.1, -0.05) is 6.07 Å². The first-order valence-electron chi connectivity index (χ1n) is 5.73. The van der Waals surface area contributed by atoms with Gasteiger partial charge in [0.2, 0.25) is 11.8 Å². The topological polar surface area (TPSA) is 75.4 Å². The van der Waals surface area contributed by atoms with Crippen LogP contribution in [0.25, 0.3) is 0 Å². The molecule has 3 N–H and O–H groups in total. The van der Waals surface area contributed by atoms with Crippen molar-refractivity contribution < 1.29 is 18.4 Å². The first kappa shape index (κ1) is 13.4. The summed E-state index contributed by atoms with van der Waals surface area (Å²) in [5, 5.41) is 2.13. The van der Waals surface area contributed by atoms with Crippen LogP contribution >= 0.6 is 0 Å². The largest absolute Gasteiger partial charge is 0.348 e. The maximum Gasteiger partial charge on any atom is 0.249 e. The molecule has 1 aliphatic heterocycles. The quantitative estimate of drug-likeness (QED) is 0.756. The second kappa shape index (κ2) is 4.93. The van der Waals surface area contributed by atoms with Gasteiger partial charge in [0.05, 0.1) is 12.2 Å². The summed E-state index contributed by atoms with van der Waals surface area (Å²) in [6.45, 7) is 1.18. The van der Waals surface area contributed by atoms with Crippen LogP contribution in [0.4, 0.5) is 14.5 Å². The smallest absolute Gasteiger partial charge is 0.249 e. The minimum atomic E-state index is -1.10. The molecule has 0 aliphatic carbocycles. The molecule has 1 heterocycles. The Morgan fingerprint density at radius 3 is 2.68 bits per heavy atom. The second-order valence-corrected chi connectivity index (χ2v) is 4.29. The zero-order valence-electron chi connectivity index (χ0n) is 10.2. The first-order chi connectivity index (χ1) is 8.95. The summed E-state index contributed by atoms with van der Waals surface area (Å²) in [7, 11) is 0. The van der Waals surface area contributed by atoms with Gasteiger partial charge in [-0.3, -0.25) is 14.9 Å². The molecular weight excluding hydrogens is 256 g/mol. The maximum atomic E-state index is 13.9. The lowest BCUT2D eigenvalue weighted by Crippen LogP contribution is -2.57. The highest BCUT2D eigenvalue weighted by Crippen LogP contribution is 2.26. The lowest BCUT2D eigenvalue weighted by Gasteiger charge is -2.33. The van der Waals surface area contributed by atoms with Gasteiger partial charge < -0.3 is 10.6 Å². The zero-order valence-corrected chi connectivity index (χ0v) is 10.2. The van der Waals surface area contributed by atoms with Gasteiger partial charge in [-0.15, -0.1) is 0 Å². The van der Waals surface area contributed by atoms with Gasteiger partial charge in [0, 0.05) is 12.1 Å². The first-order valence-corrected chi connectivity index (χ1v) is 5.73. The van der Waals surface area contributed by atoms with E-state index < -0.39 is 29.5 Å². The number of benzene rings is 1. The Bertz CT molecular complexity index is 548. The van der Waals surface area contributed by atoms with Crippen LogP contribution in [-0.4, -0.2) is 24.4 Å². The van der Waals surface area contributed by atoms with Gasteiger partial charge in [-0.25, -0.2) is 8.78 Å². The standard InChI is InChI=1S/C12H13F2N3O2/c1-6-12(19)16-9(18)5-17(6)8-3-2-7(4-15)10(13)11(8)14/h2-3,6H,4-5,15H2,1H3,(H,16,18,19). The Morgan fingerprint density at radius 1 is 1.37 bits per heavy atom. The number of amides is 2. The predicted molar refractivity (Wildman–Crippen MR) is 64.2 cm³/mol. The third kappa shape index (κ3) is 2.28. The number of piperazine rings is 1. The Morgan fingerprint density at radius 2 is 2.05 bits per heavy atom. The van der Waals surface area contributed by atoms with E-state index in [0.717, 1.165) is 0 Å². The molecule has 19 heavy (non-hydrogen) atoms. The van der Waals surface area contributed by atoms with Crippen molar-refractivity contribution >= 4 is 17.5 Å². The van der Waals surface area contributed by atoms with Crippen molar-refractivity contribution in [3.05, 3.63) is 29.3 Å². The second-order valence-electron chi connectivity index (χ2n) is 4.29. The van der Waals surface area contributed by atoms with Crippen molar-refractivity contribution in [1.82, 2.24) is 5.32 Å². The van der Waals surface area contributed by atoms with E-state index in [2.05, 4.69) is 5.32 Å². The van der Waals surface area contributed by atoms with Crippen molar-refractivity contribution in [3.8, 4) is 0 Å². The fourth-order valence-electron chi connectivity index (χ4n) is 1.97. The van der Waals surface area contributed by atoms with Crippen LogP contribution in [0.1, 0.15) is 12.5 Å². The number of carbonyl (C=O) groups excluding carboxylic acids is 2. The zero-order chi connectivity index (χ0) is 14.2. The lowest BCUT2D eigenvalue weighted by atomic mass is 10.1. The van der Waals surface area contributed by atoms with E-state index in [-0.39, 0.29) is 24.3 Å². The van der Waals surface area contributed by atoms with E-state index in [0.29, 0.717) is 0 Å². The minimum Gasteiger partial charge on any atom is -0.348 e. The van der Waals surface area contributed by atoms with E-state index in [1.807, 2.05) is 0 Å². The average molecular weight is 269 g/mol. The summed E-state index contributed by atoms with van der Waals surface area (Å²) in [4.78, 5) is 24.0. The van der Waals surface area contributed by atoms with Crippen LogP contribution in [0.3, 0.4) is 0 Å². The van der Waals surface area contributed by atoms with Gasteiger partial charge in [-0.2, -0.15) is 0 Å².